The van der Waals surface area contributed by atoms with Crippen molar-refractivity contribution in [1.29, 1.82) is 0 Å². The lowest BCUT2D eigenvalue weighted by molar-refractivity contribution is 0.0650. The average molecular weight is 588 g/mol. The molecule has 0 fully saturated rings. The number of benzene rings is 4. The fraction of sp³-hybridized carbons (Fsp3) is 0.118. The Balaban J connectivity index is 1.07. The molecular weight excluding hydrogens is 562 g/mol. The van der Waals surface area contributed by atoms with E-state index in [-0.39, 0.29) is 17.7 Å². The number of nitrogens with zero attached hydrogens (tertiary/aromatic N) is 4. The van der Waals surface area contributed by atoms with Crippen molar-refractivity contribution in [2.75, 3.05) is 11.9 Å². The van der Waals surface area contributed by atoms with E-state index in [1.807, 2.05) is 77.5 Å². The molecule has 1 N–H and O–H groups in total. The van der Waals surface area contributed by atoms with E-state index >= 15 is 0 Å². The monoisotopic (exact) mass is 587 g/mol. The SMILES string of the molecule is O=C(Nc1ccc2c(ccn2CCCN2C(=O)c3ccccc3C2=O)c1)c1nc2ccc(Cl)cc2n1Cc1ccccc1. The summed E-state index contributed by atoms with van der Waals surface area (Å²) in [6.45, 7) is 1.45. The summed E-state index contributed by atoms with van der Waals surface area (Å²) in [6, 6.07) is 30.0. The summed E-state index contributed by atoms with van der Waals surface area (Å²) in [6.07, 6.45) is 2.59. The molecule has 212 valence electrons. The van der Waals surface area contributed by atoms with Crippen LogP contribution in [-0.2, 0) is 13.1 Å². The molecule has 0 radical (unpaired) electrons. The van der Waals surface area contributed by atoms with Crippen molar-refractivity contribution in [3.05, 3.63) is 131 Å². The van der Waals surface area contributed by atoms with Crippen LogP contribution in [0.25, 0.3) is 21.9 Å². The molecule has 3 heterocycles. The molecule has 0 saturated heterocycles. The van der Waals surface area contributed by atoms with Crippen molar-refractivity contribution < 1.29 is 14.4 Å². The Morgan fingerprint density at radius 1 is 0.791 bits per heavy atom. The molecule has 0 spiro atoms. The zero-order valence-electron chi connectivity index (χ0n) is 23.0. The fourth-order valence-corrected chi connectivity index (χ4v) is 5.86. The first-order valence-corrected chi connectivity index (χ1v) is 14.4. The molecule has 6 aromatic rings. The van der Waals surface area contributed by atoms with Gasteiger partial charge in [-0.15, -0.1) is 0 Å². The molecule has 0 bridgehead atoms. The van der Waals surface area contributed by atoms with Gasteiger partial charge in [0.25, 0.3) is 17.7 Å². The number of carbonyl (C=O) groups excluding carboxylic acids is 3. The molecule has 1 aliphatic rings. The van der Waals surface area contributed by atoms with Gasteiger partial charge in [-0.05, 0) is 66.6 Å². The molecule has 9 heteroatoms. The van der Waals surface area contributed by atoms with Crippen molar-refractivity contribution in [1.82, 2.24) is 19.0 Å². The summed E-state index contributed by atoms with van der Waals surface area (Å²) in [5.41, 5.74) is 5.10. The Labute approximate surface area is 252 Å². The van der Waals surface area contributed by atoms with E-state index in [2.05, 4.69) is 14.9 Å². The third-order valence-electron chi connectivity index (χ3n) is 7.78. The van der Waals surface area contributed by atoms with Gasteiger partial charge in [0.1, 0.15) is 0 Å². The van der Waals surface area contributed by atoms with E-state index in [0.717, 1.165) is 22.0 Å². The first-order chi connectivity index (χ1) is 21.0. The van der Waals surface area contributed by atoms with Crippen LogP contribution in [-0.4, -0.2) is 43.3 Å². The third kappa shape index (κ3) is 4.96. The van der Waals surface area contributed by atoms with Gasteiger partial charge in [-0.2, -0.15) is 0 Å². The summed E-state index contributed by atoms with van der Waals surface area (Å²) in [4.78, 5) is 44.8. The van der Waals surface area contributed by atoms with E-state index in [0.29, 0.717) is 59.2 Å². The maximum atomic E-state index is 13.5. The van der Waals surface area contributed by atoms with E-state index < -0.39 is 0 Å². The Morgan fingerprint density at radius 3 is 2.30 bits per heavy atom. The molecule has 0 saturated carbocycles. The second-order valence-electron chi connectivity index (χ2n) is 10.5. The lowest BCUT2D eigenvalue weighted by Gasteiger charge is -2.14. The minimum atomic E-state index is -0.317. The van der Waals surface area contributed by atoms with Crippen LogP contribution < -0.4 is 5.32 Å². The molecule has 8 nitrogen and oxygen atoms in total. The highest BCUT2D eigenvalue weighted by molar-refractivity contribution is 6.31. The largest absolute Gasteiger partial charge is 0.347 e. The van der Waals surface area contributed by atoms with Gasteiger partial charge in [0, 0.05) is 47.4 Å². The average Bonchev–Trinajstić information content (AvgIpc) is 3.66. The highest BCUT2D eigenvalue weighted by Gasteiger charge is 2.34. The molecule has 1 aliphatic heterocycles. The summed E-state index contributed by atoms with van der Waals surface area (Å²) >= 11 is 6.29. The van der Waals surface area contributed by atoms with Crippen LogP contribution in [0, 0.1) is 0 Å². The smallest absolute Gasteiger partial charge is 0.291 e. The first-order valence-electron chi connectivity index (χ1n) is 14.0. The topological polar surface area (TPSA) is 89.2 Å². The number of anilines is 1. The van der Waals surface area contributed by atoms with Crippen molar-refractivity contribution in [2.24, 2.45) is 0 Å². The lowest BCUT2D eigenvalue weighted by atomic mass is 10.1. The minimum absolute atomic E-state index is 0.237. The molecule has 7 rings (SSSR count). The van der Waals surface area contributed by atoms with Crippen molar-refractivity contribution in [3.63, 3.8) is 0 Å². The summed E-state index contributed by atoms with van der Waals surface area (Å²) in [5.74, 6) is -0.493. The number of imidazole rings is 1. The van der Waals surface area contributed by atoms with Crippen molar-refractivity contribution in [2.45, 2.75) is 19.5 Å². The predicted octanol–water partition coefficient (Wildman–Crippen LogP) is 6.63. The zero-order valence-corrected chi connectivity index (χ0v) is 23.8. The Morgan fingerprint density at radius 2 is 1.53 bits per heavy atom. The number of nitrogens with one attached hydrogen (secondary N) is 1. The fourth-order valence-electron chi connectivity index (χ4n) is 5.70. The van der Waals surface area contributed by atoms with E-state index in [1.165, 1.54) is 4.90 Å². The molecule has 0 atom stereocenters. The first kappa shape index (κ1) is 26.7. The van der Waals surface area contributed by atoms with Crippen LogP contribution in [0.1, 0.15) is 43.3 Å². The number of halogens is 1. The van der Waals surface area contributed by atoms with Crippen LogP contribution in [0.4, 0.5) is 5.69 Å². The van der Waals surface area contributed by atoms with Gasteiger partial charge in [-0.1, -0.05) is 54.1 Å². The van der Waals surface area contributed by atoms with Crippen molar-refractivity contribution in [3.8, 4) is 0 Å². The van der Waals surface area contributed by atoms with Gasteiger partial charge in [0.05, 0.1) is 22.2 Å². The van der Waals surface area contributed by atoms with E-state index in [9.17, 15) is 14.4 Å². The zero-order chi connectivity index (χ0) is 29.5. The van der Waals surface area contributed by atoms with Crippen LogP contribution in [0.3, 0.4) is 0 Å². The number of amides is 3. The van der Waals surface area contributed by atoms with Gasteiger partial charge in [-0.25, -0.2) is 4.98 Å². The second-order valence-corrected chi connectivity index (χ2v) is 11.0. The maximum Gasteiger partial charge on any atom is 0.291 e. The van der Waals surface area contributed by atoms with Gasteiger partial charge >= 0.3 is 0 Å². The Kier molecular flexibility index (Phi) is 6.75. The summed E-state index contributed by atoms with van der Waals surface area (Å²) < 4.78 is 3.97. The quantitative estimate of drug-likeness (QED) is 0.202. The summed E-state index contributed by atoms with van der Waals surface area (Å²) in [5, 5.41) is 4.55. The number of hydrogen-bond donors (Lipinski definition) is 1. The van der Waals surface area contributed by atoms with Crippen LogP contribution >= 0.6 is 11.6 Å². The molecule has 4 aromatic carbocycles. The standard InChI is InChI=1S/C34H26ClN5O3/c35-24-11-13-28-30(20-24)40(21-22-7-2-1-3-8-22)31(37-28)32(41)36-25-12-14-29-23(19-25)15-18-38(29)16-6-17-39-33(42)26-9-4-5-10-27(26)34(39)43/h1-5,7-15,18-20H,6,16-17,21H2,(H,36,41). The number of imide groups is 1. The Bertz CT molecular complexity index is 2010. The van der Waals surface area contributed by atoms with Gasteiger partial charge in [-0.3, -0.25) is 19.3 Å². The lowest BCUT2D eigenvalue weighted by Crippen LogP contribution is -2.31. The molecule has 0 unspecified atom stereocenters. The number of hydrogen-bond acceptors (Lipinski definition) is 4. The van der Waals surface area contributed by atoms with Crippen LogP contribution in [0.5, 0.6) is 0 Å². The number of aryl methyl sites for hydroxylation is 1. The molecule has 2 aromatic heterocycles. The molecule has 0 aliphatic carbocycles. The van der Waals surface area contributed by atoms with Gasteiger partial charge in [0.15, 0.2) is 0 Å². The van der Waals surface area contributed by atoms with E-state index in [4.69, 9.17) is 11.6 Å². The highest BCUT2D eigenvalue weighted by Crippen LogP contribution is 2.26. The van der Waals surface area contributed by atoms with E-state index in [1.54, 1.807) is 30.3 Å². The normalized spacial score (nSPS) is 12.8. The minimum Gasteiger partial charge on any atom is -0.347 e. The Hall–Kier alpha value is -5.21. The third-order valence-corrected chi connectivity index (χ3v) is 8.02. The molecular formula is C34H26ClN5O3. The molecule has 43 heavy (non-hydrogen) atoms. The van der Waals surface area contributed by atoms with Crippen molar-refractivity contribution >= 4 is 56.9 Å². The number of aromatic nitrogens is 3. The van der Waals surface area contributed by atoms with Gasteiger partial charge in [0.2, 0.25) is 5.82 Å². The number of fused-ring (bicyclic) bond motifs is 3. The van der Waals surface area contributed by atoms with Crippen LogP contribution in [0.15, 0.2) is 103 Å². The summed E-state index contributed by atoms with van der Waals surface area (Å²) in [7, 11) is 0. The maximum absolute atomic E-state index is 13.5. The van der Waals surface area contributed by atoms with Gasteiger partial charge < -0.3 is 14.5 Å². The molecule has 3 amide bonds. The predicted molar refractivity (Wildman–Crippen MR) is 167 cm³/mol. The number of rotatable bonds is 8. The number of carbonyl (C=O) groups is 3. The van der Waals surface area contributed by atoms with Crippen LogP contribution in [0.2, 0.25) is 5.02 Å². The second kappa shape index (κ2) is 10.9. The highest BCUT2D eigenvalue weighted by atomic mass is 35.5.